The molecular weight excluding hydrogens is 642 g/mol. The summed E-state index contributed by atoms with van der Waals surface area (Å²) in [6, 6.07) is -0.731. The van der Waals surface area contributed by atoms with Crippen molar-refractivity contribution in [2.75, 3.05) is 41.0 Å². The molecule has 0 N–H and O–H groups in total. The zero-order chi connectivity index (χ0) is 37.8. The molecule has 0 radical (unpaired) electrons. The highest BCUT2D eigenvalue weighted by atomic mass is 16.6. The van der Waals surface area contributed by atoms with E-state index in [0.29, 0.717) is 12.8 Å². The first kappa shape index (κ1) is 48.0. The summed E-state index contributed by atoms with van der Waals surface area (Å²) in [5.74, 6) is -1.79. The van der Waals surface area contributed by atoms with Crippen LogP contribution >= 0.6 is 0 Å². The minimum absolute atomic E-state index is 0.0256. The lowest BCUT2D eigenvalue weighted by atomic mass is 10.1. The van der Waals surface area contributed by atoms with Crippen LogP contribution < -0.4 is 5.11 Å². The highest BCUT2D eigenvalue weighted by Gasteiger charge is 2.25. The van der Waals surface area contributed by atoms with Gasteiger partial charge in [-0.15, -0.1) is 0 Å². The van der Waals surface area contributed by atoms with Crippen LogP contribution in [0.2, 0.25) is 0 Å². The van der Waals surface area contributed by atoms with Crippen LogP contribution in [0.25, 0.3) is 0 Å². The number of esters is 2. The molecule has 0 aromatic carbocycles. The van der Waals surface area contributed by atoms with E-state index < -0.39 is 18.1 Å². The van der Waals surface area contributed by atoms with Crippen LogP contribution in [-0.4, -0.2) is 75.5 Å². The SMILES string of the molecule is CC/C=C\C/C=C\C/C=C\C/C=C\C/C=C\CCCCCC(=O)OC(COCCC(C(=O)[O-])[N+](C)(C)C)COC(=O)CCCCCCCCCC. The standard InChI is InChI=1S/C43H73NO7/c1-6-8-10-12-14-16-17-18-19-20-21-22-23-24-25-26-28-30-32-34-42(46)51-39(37-49-36-35-40(43(47)48)44(3,4)5)38-50-41(45)33-31-29-27-15-13-11-9-7-2/h8,10,14,16,18-19,21-22,24-25,39-40H,6-7,9,11-13,15,17,20,23,26-38H2,1-5H3/b10-8-,16-14-,19-18-,22-21-,25-24-. The van der Waals surface area contributed by atoms with Crippen LogP contribution in [0.5, 0.6) is 0 Å². The van der Waals surface area contributed by atoms with E-state index in [2.05, 4.69) is 74.6 Å². The minimum Gasteiger partial charge on any atom is -0.544 e. The highest BCUT2D eigenvalue weighted by molar-refractivity contribution is 5.70. The van der Waals surface area contributed by atoms with Gasteiger partial charge in [0.25, 0.3) is 0 Å². The second kappa shape index (κ2) is 34.1. The fourth-order valence-electron chi connectivity index (χ4n) is 5.33. The second-order valence-corrected chi connectivity index (χ2v) is 14.1. The maximum absolute atomic E-state index is 12.6. The lowest BCUT2D eigenvalue weighted by molar-refractivity contribution is -0.889. The van der Waals surface area contributed by atoms with Gasteiger partial charge in [-0.3, -0.25) is 9.59 Å². The van der Waals surface area contributed by atoms with E-state index in [1.54, 1.807) is 21.1 Å². The Morgan fingerprint density at radius 2 is 1.10 bits per heavy atom. The Hall–Kier alpha value is -2.97. The Bertz CT molecular complexity index is 1020. The predicted octanol–water partition coefficient (Wildman–Crippen LogP) is 8.91. The Kier molecular flexibility index (Phi) is 32.1. The van der Waals surface area contributed by atoms with Crippen molar-refractivity contribution in [2.45, 2.75) is 154 Å². The molecule has 0 aliphatic heterocycles. The molecule has 0 aromatic rings. The molecule has 0 aliphatic rings. The quantitative estimate of drug-likeness (QED) is 0.0284. The van der Waals surface area contributed by atoms with E-state index in [1.165, 1.54) is 32.1 Å². The number of hydrogen-bond acceptors (Lipinski definition) is 7. The van der Waals surface area contributed by atoms with Gasteiger partial charge in [0.15, 0.2) is 6.10 Å². The molecule has 0 bridgehead atoms. The number of rotatable bonds is 34. The molecule has 0 rings (SSSR count). The zero-order valence-corrected chi connectivity index (χ0v) is 33.0. The summed E-state index contributed by atoms with van der Waals surface area (Å²) in [5, 5.41) is 11.6. The molecule has 0 aromatic heterocycles. The van der Waals surface area contributed by atoms with Gasteiger partial charge in [0.1, 0.15) is 12.6 Å². The molecule has 8 heteroatoms. The molecule has 2 unspecified atom stereocenters. The fraction of sp³-hybridized carbons (Fsp3) is 0.698. The third-order valence-corrected chi connectivity index (χ3v) is 8.42. The summed E-state index contributed by atoms with van der Waals surface area (Å²) in [4.78, 5) is 36.6. The molecular formula is C43H73NO7. The van der Waals surface area contributed by atoms with Gasteiger partial charge in [-0.2, -0.15) is 0 Å². The van der Waals surface area contributed by atoms with Gasteiger partial charge in [-0.05, 0) is 57.8 Å². The van der Waals surface area contributed by atoms with Gasteiger partial charge in [-0.25, -0.2) is 0 Å². The van der Waals surface area contributed by atoms with Crippen molar-refractivity contribution in [1.82, 2.24) is 0 Å². The average Bonchev–Trinajstić information content (AvgIpc) is 3.08. The molecule has 0 saturated heterocycles. The number of allylic oxidation sites excluding steroid dienone is 10. The lowest BCUT2D eigenvalue weighted by Gasteiger charge is -2.34. The molecule has 2 atom stereocenters. The highest BCUT2D eigenvalue weighted by Crippen LogP contribution is 2.12. The number of nitrogens with zero attached hydrogens (tertiary/aromatic N) is 1. The molecule has 0 aliphatic carbocycles. The number of aliphatic carboxylic acids is 1. The Morgan fingerprint density at radius 1 is 0.608 bits per heavy atom. The molecule has 0 spiro atoms. The van der Waals surface area contributed by atoms with E-state index in [9.17, 15) is 19.5 Å². The number of unbranched alkanes of at least 4 members (excludes halogenated alkanes) is 10. The molecule has 0 saturated carbocycles. The molecule has 0 fully saturated rings. The first-order valence-corrected chi connectivity index (χ1v) is 19.8. The van der Waals surface area contributed by atoms with E-state index in [0.717, 1.165) is 70.6 Å². The average molecular weight is 716 g/mol. The van der Waals surface area contributed by atoms with Crippen LogP contribution in [0.3, 0.4) is 0 Å². The first-order chi connectivity index (χ1) is 24.6. The van der Waals surface area contributed by atoms with Crippen LogP contribution in [0.15, 0.2) is 60.8 Å². The number of hydrogen-bond donors (Lipinski definition) is 0. The van der Waals surface area contributed by atoms with Crippen molar-refractivity contribution in [1.29, 1.82) is 0 Å². The first-order valence-electron chi connectivity index (χ1n) is 19.8. The third-order valence-electron chi connectivity index (χ3n) is 8.42. The summed E-state index contributed by atoms with van der Waals surface area (Å²) >= 11 is 0. The van der Waals surface area contributed by atoms with Crippen molar-refractivity contribution in [2.24, 2.45) is 0 Å². The number of carbonyl (C=O) groups excluding carboxylic acids is 3. The van der Waals surface area contributed by atoms with Gasteiger partial charge < -0.3 is 28.6 Å². The summed E-state index contributed by atoms with van der Waals surface area (Å²) in [5.41, 5.74) is 0. The molecule has 8 nitrogen and oxygen atoms in total. The molecule has 292 valence electrons. The monoisotopic (exact) mass is 716 g/mol. The number of likely N-dealkylation sites (N-methyl/N-ethyl adjacent to an activating group) is 1. The number of ether oxygens (including phenoxy) is 3. The summed E-state index contributed by atoms with van der Waals surface area (Å²) in [6.45, 7) is 4.46. The smallest absolute Gasteiger partial charge is 0.306 e. The minimum atomic E-state index is -1.13. The summed E-state index contributed by atoms with van der Waals surface area (Å²) < 4.78 is 17.0. The zero-order valence-electron chi connectivity index (χ0n) is 33.0. The number of carboxylic acids is 1. The van der Waals surface area contributed by atoms with Gasteiger partial charge in [0, 0.05) is 19.3 Å². The van der Waals surface area contributed by atoms with E-state index in [-0.39, 0.29) is 49.1 Å². The second-order valence-electron chi connectivity index (χ2n) is 14.1. The largest absolute Gasteiger partial charge is 0.544 e. The van der Waals surface area contributed by atoms with E-state index in [4.69, 9.17) is 14.2 Å². The Balaban J connectivity index is 4.43. The third kappa shape index (κ3) is 32.7. The Morgan fingerprint density at radius 3 is 1.63 bits per heavy atom. The van der Waals surface area contributed by atoms with Crippen LogP contribution in [0, 0.1) is 0 Å². The molecule has 0 heterocycles. The lowest BCUT2D eigenvalue weighted by Crippen LogP contribution is -2.55. The van der Waals surface area contributed by atoms with Crippen LogP contribution in [0.4, 0.5) is 0 Å². The maximum Gasteiger partial charge on any atom is 0.306 e. The summed E-state index contributed by atoms with van der Waals surface area (Å²) in [6.07, 6.45) is 39.7. The number of carboxylic acid groups (broad SMARTS) is 1. The topological polar surface area (TPSA) is 102 Å². The summed E-state index contributed by atoms with van der Waals surface area (Å²) in [7, 11) is 5.38. The molecule has 51 heavy (non-hydrogen) atoms. The number of carbonyl (C=O) groups is 3. The van der Waals surface area contributed by atoms with Crippen molar-refractivity contribution < 1.29 is 38.2 Å². The fourth-order valence-corrected chi connectivity index (χ4v) is 5.33. The van der Waals surface area contributed by atoms with Crippen molar-refractivity contribution >= 4 is 17.9 Å². The van der Waals surface area contributed by atoms with Crippen molar-refractivity contribution in [3.8, 4) is 0 Å². The van der Waals surface area contributed by atoms with Crippen molar-refractivity contribution in [3.05, 3.63) is 60.8 Å². The van der Waals surface area contributed by atoms with Crippen LogP contribution in [0.1, 0.15) is 142 Å². The Labute approximate surface area is 311 Å². The predicted molar refractivity (Wildman–Crippen MR) is 208 cm³/mol. The number of quaternary nitrogens is 1. The van der Waals surface area contributed by atoms with Gasteiger partial charge >= 0.3 is 11.9 Å². The van der Waals surface area contributed by atoms with E-state index in [1.807, 2.05) is 0 Å². The van der Waals surface area contributed by atoms with Crippen LogP contribution in [-0.2, 0) is 28.6 Å². The molecule has 0 amide bonds. The maximum atomic E-state index is 12.6. The van der Waals surface area contributed by atoms with E-state index >= 15 is 0 Å². The van der Waals surface area contributed by atoms with Crippen molar-refractivity contribution in [3.63, 3.8) is 0 Å². The van der Waals surface area contributed by atoms with Gasteiger partial charge in [-0.1, -0.05) is 126 Å². The van der Waals surface area contributed by atoms with Gasteiger partial charge in [0.05, 0.1) is 40.3 Å². The van der Waals surface area contributed by atoms with Gasteiger partial charge in [0.2, 0.25) is 0 Å². The normalized spacial score (nSPS) is 13.7.